The number of ether oxygens (including phenoxy) is 1. The number of rotatable bonds is 4. The first kappa shape index (κ1) is 15.3. The zero-order chi connectivity index (χ0) is 14.6. The largest absolute Gasteiger partial charge is 0.495 e. The lowest BCUT2D eigenvalue weighted by Crippen LogP contribution is -2.42. The van der Waals surface area contributed by atoms with E-state index < -0.39 is 5.60 Å². The van der Waals surface area contributed by atoms with Gasteiger partial charge in [-0.2, -0.15) is 0 Å². The molecule has 0 saturated heterocycles. The second-order valence-electron chi connectivity index (χ2n) is 5.58. The van der Waals surface area contributed by atoms with Crippen LogP contribution >= 0.6 is 11.3 Å². The Labute approximate surface area is 124 Å². The highest BCUT2D eigenvalue weighted by atomic mass is 32.1. The van der Waals surface area contributed by atoms with Crippen LogP contribution in [-0.4, -0.2) is 30.3 Å². The summed E-state index contributed by atoms with van der Waals surface area (Å²) in [4.78, 5) is 13.8. The van der Waals surface area contributed by atoms with Gasteiger partial charge in [0.05, 0.1) is 12.7 Å². The zero-order valence-corrected chi connectivity index (χ0v) is 13.0. The lowest BCUT2D eigenvalue weighted by molar-refractivity contribution is 0.0246. The molecular weight excluding hydrogens is 274 g/mol. The molecule has 1 aliphatic rings. The zero-order valence-electron chi connectivity index (χ0n) is 12.2. The van der Waals surface area contributed by atoms with Gasteiger partial charge in [-0.15, -0.1) is 11.3 Å². The summed E-state index contributed by atoms with van der Waals surface area (Å²) >= 11 is 1.42. The molecule has 1 heterocycles. The molecule has 1 aromatic rings. The van der Waals surface area contributed by atoms with Crippen LogP contribution in [-0.2, 0) is 0 Å². The Hall–Kier alpha value is -1.07. The van der Waals surface area contributed by atoms with Gasteiger partial charge in [-0.25, -0.2) is 0 Å². The van der Waals surface area contributed by atoms with E-state index in [2.05, 4.69) is 5.32 Å². The first-order chi connectivity index (χ1) is 9.54. The van der Waals surface area contributed by atoms with Crippen molar-refractivity contribution in [2.24, 2.45) is 0 Å². The molecule has 1 aliphatic carbocycles. The van der Waals surface area contributed by atoms with Crippen LogP contribution in [0.15, 0.2) is 6.07 Å². The van der Waals surface area contributed by atoms with E-state index in [9.17, 15) is 9.90 Å². The van der Waals surface area contributed by atoms with Gasteiger partial charge in [-0.3, -0.25) is 4.79 Å². The van der Waals surface area contributed by atoms with Gasteiger partial charge < -0.3 is 15.2 Å². The van der Waals surface area contributed by atoms with Crippen LogP contribution in [0.4, 0.5) is 0 Å². The first-order valence-corrected chi connectivity index (χ1v) is 8.01. The number of hydrogen-bond acceptors (Lipinski definition) is 4. The molecule has 2 rings (SSSR count). The maximum atomic E-state index is 12.2. The van der Waals surface area contributed by atoms with Crippen LogP contribution in [0.5, 0.6) is 5.75 Å². The summed E-state index contributed by atoms with van der Waals surface area (Å²) < 4.78 is 5.21. The molecule has 0 unspecified atom stereocenters. The van der Waals surface area contributed by atoms with Crippen molar-refractivity contribution in [2.75, 3.05) is 13.7 Å². The number of nitrogens with one attached hydrogen (secondary N) is 1. The van der Waals surface area contributed by atoms with Crippen molar-refractivity contribution in [3.05, 3.63) is 15.8 Å². The quantitative estimate of drug-likeness (QED) is 0.840. The van der Waals surface area contributed by atoms with Gasteiger partial charge in [0.2, 0.25) is 0 Å². The third-order valence-corrected chi connectivity index (χ3v) is 4.89. The average molecular weight is 297 g/mol. The summed E-state index contributed by atoms with van der Waals surface area (Å²) in [5, 5.41) is 13.4. The topological polar surface area (TPSA) is 58.6 Å². The van der Waals surface area contributed by atoms with E-state index in [-0.39, 0.29) is 5.91 Å². The third-order valence-electron chi connectivity index (χ3n) is 3.86. The second kappa shape index (κ2) is 6.59. The van der Waals surface area contributed by atoms with Crippen molar-refractivity contribution in [3.63, 3.8) is 0 Å². The van der Waals surface area contributed by atoms with Crippen LogP contribution in [0.2, 0.25) is 0 Å². The maximum absolute atomic E-state index is 12.2. The molecule has 1 saturated carbocycles. The Morgan fingerprint density at radius 3 is 2.65 bits per heavy atom. The van der Waals surface area contributed by atoms with E-state index in [0.29, 0.717) is 17.2 Å². The molecule has 0 radical (unpaired) electrons. The Bertz CT molecular complexity index is 462. The number of thiophene rings is 1. The monoisotopic (exact) mass is 297 g/mol. The van der Waals surface area contributed by atoms with Gasteiger partial charge in [0, 0.05) is 11.4 Å². The fourth-order valence-corrected chi connectivity index (χ4v) is 3.58. The number of amides is 1. The number of carbonyl (C=O) groups is 1. The van der Waals surface area contributed by atoms with Crippen LogP contribution in [0.3, 0.4) is 0 Å². The van der Waals surface area contributed by atoms with Crippen LogP contribution in [0, 0.1) is 6.92 Å². The van der Waals surface area contributed by atoms with Crippen molar-refractivity contribution in [1.29, 1.82) is 0 Å². The molecule has 0 bridgehead atoms. The summed E-state index contributed by atoms with van der Waals surface area (Å²) in [5.74, 6) is 0.454. The molecule has 5 heteroatoms. The SMILES string of the molecule is COc1cc(C)sc1C(=O)NCC1(O)CCCCCC1. The van der Waals surface area contributed by atoms with Gasteiger partial charge in [-0.1, -0.05) is 25.7 Å². The molecular formula is C15H23NO3S. The van der Waals surface area contributed by atoms with Crippen molar-refractivity contribution >= 4 is 17.2 Å². The third kappa shape index (κ3) is 3.73. The van der Waals surface area contributed by atoms with Gasteiger partial charge in [0.15, 0.2) is 0 Å². The second-order valence-corrected chi connectivity index (χ2v) is 6.83. The van der Waals surface area contributed by atoms with Crippen LogP contribution < -0.4 is 10.1 Å². The Morgan fingerprint density at radius 2 is 2.05 bits per heavy atom. The van der Waals surface area contributed by atoms with Crippen molar-refractivity contribution in [1.82, 2.24) is 5.32 Å². The smallest absolute Gasteiger partial charge is 0.265 e. The molecule has 1 fully saturated rings. The predicted octanol–water partition coefficient (Wildman–Crippen LogP) is 2.88. The normalized spacial score (nSPS) is 18.4. The molecule has 1 aromatic heterocycles. The van der Waals surface area contributed by atoms with Crippen molar-refractivity contribution in [2.45, 2.75) is 51.0 Å². The molecule has 112 valence electrons. The Balaban J connectivity index is 1.97. The fraction of sp³-hybridized carbons (Fsp3) is 0.667. The van der Waals surface area contributed by atoms with Gasteiger partial charge in [0.25, 0.3) is 5.91 Å². The molecule has 0 spiro atoms. The summed E-state index contributed by atoms with van der Waals surface area (Å²) in [6.45, 7) is 2.27. The summed E-state index contributed by atoms with van der Waals surface area (Å²) in [7, 11) is 1.57. The molecule has 0 aromatic carbocycles. The number of aryl methyl sites for hydroxylation is 1. The van der Waals surface area contributed by atoms with Gasteiger partial charge in [-0.05, 0) is 25.8 Å². The van der Waals surface area contributed by atoms with E-state index in [1.54, 1.807) is 7.11 Å². The lowest BCUT2D eigenvalue weighted by Gasteiger charge is -2.26. The van der Waals surface area contributed by atoms with Gasteiger partial charge in [0.1, 0.15) is 10.6 Å². The summed E-state index contributed by atoms with van der Waals surface area (Å²) in [6, 6.07) is 1.86. The minimum Gasteiger partial charge on any atom is -0.495 e. The predicted molar refractivity (Wildman–Crippen MR) is 80.6 cm³/mol. The standard InChI is InChI=1S/C15H23NO3S/c1-11-9-12(19-2)13(20-11)14(17)16-10-15(18)7-5-3-4-6-8-15/h9,18H,3-8,10H2,1-2H3,(H,16,17). The molecule has 0 aliphatic heterocycles. The Morgan fingerprint density at radius 1 is 1.40 bits per heavy atom. The van der Waals surface area contributed by atoms with E-state index in [0.717, 1.165) is 30.6 Å². The van der Waals surface area contributed by atoms with Crippen LogP contribution in [0.25, 0.3) is 0 Å². The van der Waals surface area contributed by atoms with E-state index in [1.807, 2.05) is 13.0 Å². The molecule has 0 atom stereocenters. The first-order valence-electron chi connectivity index (χ1n) is 7.19. The van der Waals surface area contributed by atoms with Crippen LogP contribution in [0.1, 0.15) is 53.1 Å². The van der Waals surface area contributed by atoms with Crippen molar-refractivity contribution < 1.29 is 14.6 Å². The van der Waals surface area contributed by atoms with E-state index >= 15 is 0 Å². The van der Waals surface area contributed by atoms with Crippen molar-refractivity contribution in [3.8, 4) is 5.75 Å². The lowest BCUT2D eigenvalue weighted by atomic mass is 9.94. The molecule has 2 N–H and O–H groups in total. The van der Waals surface area contributed by atoms with E-state index in [4.69, 9.17) is 4.74 Å². The highest BCUT2D eigenvalue weighted by molar-refractivity contribution is 7.14. The summed E-state index contributed by atoms with van der Waals surface area (Å²) in [6.07, 6.45) is 5.96. The minimum atomic E-state index is -0.744. The van der Waals surface area contributed by atoms with E-state index in [1.165, 1.54) is 24.2 Å². The maximum Gasteiger partial charge on any atom is 0.265 e. The average Bonchev–Trinajstić information content (AvgIpc) is 2.67. The Kier molecular flexibility index (Phi) is 5.05. The molecule has 20 heavy (non-hydrogen) atoms. The molecule has 1 amide bonds. The number of hydrogen-bond donors (Lipinski definition) is 2. The number of aliphatic hydroxyl groups is 1. The number of methoxy groups -OCH3 is 1. The summed E-state index contributed by atoms with van der Waals surface area (Å²) in [5.41, 5.74) is -0.744. The highest BCUT2D eigenvalue weighted by Crippen LogP contribution is 2.29. The molecule has 4 nitrogen and oxygen atoms in total. The highest BCUT2D eigenvalue weighted by Gasteiger charge is 2.29. The number of carbonyl (C=O) groups excluding carboxylic acids is 1. The fourth-order valence-electron chi connectivity index (χ4n) is 2.69. The van der Waals surface area contributed by atoms with Gasteiger partial charge >= 0.3 is 0 Å². The minimum absolute atomic E-state index is 0.155.